The highest BCUT2D eigenvalue weighted by molar-refractivity contribution is 6.11. The van der Waals surface area contributed by atoms with E-state index in [9.17, 15) is 24.3 Å². The van der Waals surface area contributed by atoms with Gasteiger partial charge in [0.1, 0.15) is 29.8 Å². The van der Waals surface area contributed by atoms with E-state index in [1.807, 2.05) is 6.07 Å². The average Bonchev–Trinajstić information content (AvgIpc) is 2.77. The fourth-order valence-electron chi connectivity index (χ4n) is 2.72. The normalized spacial score (nSPS) is 10.8. The molecule has 31 heavy (non-hydrogen) atoms. The van der Waals surface area contributed by atoms with Crippen LogP contribution in [-0.2, 0) is 11.4 Å². The quantitative estimate of drug-likeness (QED) is 0.431. The van der Waals surface area contributed by atoms with E-state index in [2.05, 4.69) is 5.32 Å². The predicted octanol–water partition coefficient (Wildman–Crippen LogP) is 4.65. The summed E-state index contributed by atoms with van der Waals surface area (Å²) in [6.45, 7) is 0.227. The van der Waals surface area contributed by atoms with E-state index in [-0.39, 0.29) is 29.2 Å². The number of hydrogen-bond donors (Lipinski definition) is 2. The zero-order valence-corrected chi connectivity index (χ0v) is 16.2. The molecule has 1 amide bonds. The number of carboxylic acids is 1. The van der Waals surface area contributed by atoms with Crippen LogP contribution >= 0.6 is 0 Å². The van der Waals surface area contributed by atoms with Crippen molar-refractivity contribution in [1.29, 1.82) is 5.26 Å². The fraction of sp³-hybridized carbons (Fsp3) is 0.0417. The van der Waals surface area contributed by atoms with Crippen LogP contribution in [0.4, 0.5) is 10.1 Å². The van der Waals surface area contributed by atoms with Gasteiger partial charge in [-0.05, 0) is 53.6 Å². The Bertz CT molecular complexity index is 1180. The fourth-order valence-corrected chi connectivity index (χ4v) is 2.72. The Balaban J connectivity index is 1.74. The molecule has 0 aliphatic heterocycles. The summed E-state index contributed by atoms with van der Waals surface area (Å²) in [7, 11) is 0. The first-order valence-corrected chi connectivity index (χ1v) is 9.19. The number of halogens is 1. The maximum atomic E-state index is 13.0. The number of para-hydroxylation sites is 1. The third-order valence-corrected chi connectivity index (χ3v) is 4.26. The zero-order valence-electron chi connectivity index (χ0n) is 16.2. The maximum Gasteiger partial charge on any atom is 0.337 e. The molecular weight excluding hydrogens is 399 g/mol. The first-order valence-electron chi connectivity index (χ1n) is 9.19. The lowest BCUT2D eigenvalue weighted by molar-refractivity contribution is -0.112. The first kappa shape index (κ1) is 21.3. The molecule has 0 bridgehead atoms. The van der Waals surface area contributed by atoms with Crippen LogP contribution in [0.15, 0.2) is 78.4 Å². The second kappa shape index (κ2) is 9.85. The molecule has 6 nitrogen and oxygen atoms in total. The van der Waals surface area contributed by atoms with E-state index in [0.29, 0.717) is 11.3 Å². The van der Waals surface area contributed by atoms with Crippen LogP contribution in [0, 0.1) is 17.1 Å². The number of rotatable bonds is 7. The van der Waals surface area contributed by atoms with E-state index >= 15 is 0 Å². The number of hydrogen-bond acceptors (Lipinski definition) is 4. The van der Waals surface area contributed by atoms with Gasteiger partial charge in [0.05, 0.1) is 11.3 Å². The highest BCUT2D eigenvalue weighted by atomic mass is 19.1. The standard InChI is InChI=1S/C24H17FN2O4/c25-19-10-8-16(9-11-19)15-31-20-5-3-4-17(13-20)12-18(14-26)23(28)27-22-7-2-1-6-21(22)24(29)30/h1-13H,15H2,(H,27,28)(H,29,30)/b18-12+. The topological polar surface area (TPSA) is 99.4 Å². The number of aromatic carboxylic acids is 1. The molecule has 7 heteroatoms. The summed E-state index contributed by atoms with van der Waals surface area (Å²) in [4.78, 5) is 23.8. The lowest BCUT2D eigenvalue weighted by atomic mass is 10.1. The van der Waals surface area contributed by atoms with Gasteiger partial charge in [0.2, 0.25) is 0 Å². The zero-order chi connectivity index (χ0) is 22.2. The number of carboxylic acid groups (broad SMARTS) is 1. The number of nitrogens with zero attached hydrogens (tertiary/aromatic N) is 1. The van der Waals surface area contributed by atoms with Gasteiger partial charge < -0.3 is 15.2 Å². The highest BCUT2D eigenvalue weighted by Crippen LogP contribution is 2.19. The Morgan fingerprint density at radius 1 is 1.06 bits per heavy atom. The summed E-state index contributed by atoms with van der Waals surface area (Å²) in [5, 5.41) is 21.1. The molecule has 0 unspecified atom stereocenters. The molecule has 3 rings (SSSR count). The third-order valence-electron chi connectivity index (χ3n) is 4.26. The molecule has 3 aromatic rings. The van der Waals surface area contributed by atoms with Crippen molar-refractivity contribution < 1.29 is 23.8 Å². The molecule has 0 atom stereocenters. The number of benzene rings is 3. The summed E-state index contributed by atoms with van der Waals surface area (Å²) in [5.74, 6) is -1.74. The van der Waals surface area contributed by atoms with Crippen LogP contribution in [0.1, 0.15) is 21.5 Å². The molecule has 0 aromatic heterocycles. The maximum absolute atomic E-state index is 13.0. The molecular formula is C24H17FN2O4. The van der Waals surface area contributed by atoms with Crippen LogP contribution in [0.25, 0.3) is 6.08 Å². The van der Waals surface area contributed by atoms with Crippen LogP contribution in [0.5, 0.6) is 5.75 Å². The minimum atomic E-state index is -1.19. The average molecular weight is 416 g/mol. The minimum Gasteiger partial charge on any atom is -0.489 e. The van der Waals surface area contributed by atoms with Gasteiger partial charge in [-0.25, -0.2) is 9.18 Å². The van der Waals surface area contributed by atoms with Crippen molar-refractivity contribution in [2.75, 3.05) is 5.32 Å². The van der Waals surface area contributed by atoms with Crippen molar-refractivity contribution in [3.05, 3.63) is 101 Å². The lowest BCUT2D eigenvalue weighted by Crippen LogP contribution is -2.16. The van der Waals surface area contributed by atoms with Crippen LogP contribution < -0.4 is 10.1 Å². The van der Waals surface area contributed by atoms with E-state index in [1.54, 1.807) is 42.5 Å². The third kappa shape index (κ3) is 5.78. The molecule has 0 radical (unpaired) electrons. The van der Waals surface area contributed by atoms with E-state index < -0.39 is 11.9 Å². The van der Waals surface area contributed by atoms with Crippen LogP contribution in [-0.4, -0.2) is 17.0 Å². The molecule has 3 aromatic carbocycles. The summed E-state index contributed by atoms with van der Waals surface area (Å²) in [5.41, 5.74) is 1.16. The van der Waals surface area contributed by atoms with Crippen LogP contribution in [0.3, 0.4) is 0 Å². The summed E-state index contributed by atoms with van der Waals surface area (Å²) in [6.07, 6.45) is 1.38. The lowest BCUT2D eigenvalue weighted by Gasteiger charge is -2.08. The van der Waals surface area contributed by atoms with Crippen molar-refractivity contribution in [2.24, 2.45) is 0 Å². The van der Waals surface area contributed by atoms with Crippen molar-refractivity contribution in [3.8, 4) is 11.8 Å². The number of amides is 1. The number of ether oxygens (including phenoxy) is 1. The molecule has 0 heterocycles. The monoisotopic (exact) mass is 416 g/mol. The Morgan fingerprint density at radius 2 is 1.81 bits per heavy atom. The number of nitriles is 1. The van der Waals surface area contributed by atoms with Gasteiger partial charge in [-0.3, -0.25) is 4.79 Å². The van der Waals surface area contributed by atoms with Crippen molar-refractivity contribution >= 4 is 23.6 Å². The van der Waals surface area contributed by atoms with Gasteiger partial charge >= 0.3 is 5.97 Å². The van der Waals surface area contributed by atoms with Crippen LogP contribution in [0.2, 0.25) is 0 Å². The minimum absolute atomic E-state index is 0.0793. The van der Waals surface area contributed by atoms with Crippen molar-refractivity contribution in [2.45, 2.75) is 6.61 Å². The second-order valence-corrected chi connectivity index (χ2v) is 6.46. The highest BCUT2D eigenvalue weighted by Gasteiger charge is 2.15. The van der Waals surface area contributed by atoms with E-state index in [0.717, 1.165) is 5.56 Å². The van der Waals surface area contributed by atoms with E-state index in [4.69, 9.17) is 4.74 Å². The molecule has 0 saturated carbocycles. The summed E-state index contributed by atoms with van der Waals surface area (Å²) < 4.78 is 18.7. The molecule has 0 aliphatic rings. The van der Waals surface area contributed by atoms with Gasteiger partial charge in [-0.1, -0.05) is 36.4 Å². The van der Waals surface area contributed by atoms with Gasteiger partial charge in [0, 0.05) is 0 Å². The molecule has 0 aliphatic carbocycles. The smallest absolute Gasteiger partial charge is 0.337 e. The Labute approximate surface area is 177 Å². The van der Waals surface area contributed by atoms with Gasteiger partial charge in [-0.2, -0.15) is 5.26 Å². The summed E-state index contributed by atoms with van der Waals surface area (Å²) in [6, 6.07) is 20.4. The Hall–Kier alpha value is -4.44. The molecule has 0 spiro atoms. The summed E-state index contributed by atoms with van der Waals surface area (Å²) >= 11 is 0. The Kier molecular flexibility index (Phi) is 6.76. The van der Waals surface area contributed by atoms with E-state index in [1.165, 1.54) is 36.4 Å². The Morgan fingerprint density at radius 3 is 2.52 bits per heavy atom. The SMILES string of the molecule is N#C/C(=C\c1cccc(OCc2ccc(F)cc2)c1)C(=O)Nc1ccccc1C(=O)O. The number of nitrogens with one attached hydrogen (secondary N) is 1. The molecule has 154 valence electrons. The predicted molar refractivity (Wildman–Crippen MR) is 113 cm³/mol. The van der Waals surface area contributed by atoms with Gasteiger partial charge in [-0.15, -0.1) is 0 Å². The molecule has 2 N–H and O–H groups in total. The molecule has 0 saturated heterocycles. The largest absolute Gasteiger partial charge is 0.489 e. The van der Waals surface area contributed by atoms with Crippen molar-refractivity contribution in [1.82, 2.24) is 0 Å². The van der Waals surface area contributed by atoms with Gasteiger partial charge in [0.15, 0.2) is 0 Å². The number of anilines is 1. The number of carbonyl (C=O) groups is 2. The van der Waals surface area contributed by atoms with Gasteiger partial charge in [0.25, 0.3) is 5.91 Å². The second-order valence-electron chi connectivity index (χ2n) is 6.46. The molecule has 0 fully saturated rings. The van der Waals surface area contributed by atoms with Crippen molar-refractivity contribution in [3.63, 3.8) is 0 Å². The number of carbonyl (C=O) groups excluding carboxylic acids is 1. The first-order chi connectivity index (χ1) is 15.0.